The van der Waals surface area contributed by atoms with E-state index in [2.05, 4.69) is 15.7 Å². The van der Waals surface area contributed by atoms with Crippen molar-refractivity contribution in [2.75, 3.05) is 7.05 Å². The summed E-state index contributed by atoms with van der Waals surface area (Å²) in [5.41, 5.74) is 2.02. The number of rotatable bonds is 5. The normalized spacial score (nSPS) is 18.8. The number of hydrogen-bond donors (Lipinski definition) is 2. The smallest absolute Gasteiger partial charge is 0.271 e. The van der Waals surface area contributed by atoms with Crippen LogP contribution in [0.4, 0.5) is 0 Å². The fourth-order valence-corrected chi connectivity index (χ4v) is 4.64. The molecule has 148 valence electrons. The molecule has 1 atom stereocenters. The van der Waals surface area contributed by atoms with Crippen LogP contribution in [0.1, 0.15) is 71.6 Å². The van der Waals surface area contributed by atoms with Gasteiger partial charge in [0.2, 0.25) is 0 Å². The van der Waals surface area contributed by atoms with Gasteiger partial charge < -0.3 is 10.6 Å². The van der Waals surface area contributed by atoms with Gasteiger partial charge in [-0.1, -0.05) is 30.2 Å². The summed E-state index contributed by atoms with van der Waals surface area (Å²) in [7, 11) is 1.55. The predicted octanol–water partition coefficient (Wildman–Crippen LogP) is 3.57. The number of nitrogens with zero attached hydrogens (tertiary/aromatic N) is 2. The maximum absolute atomic E-state index is 13.0. The van der Waals surface area contributed by atoms with E-state index in [1.54, 1.807) is 23.9 Å². The molecule has 1 heterocycles. The first-order chi connectivity index (χ1) is 13.4. The van der Waals surface area contributed by atoms with Crippen molar-refractivity contribution in [2.24, 2.45) is 5.41 Å². The minimum Gasteiger partial charge on any atom is -0.354 e. The van der Waals surface area contributed by atoms with E-state index in [1.807, 2.05) is 25.1 Å². The van der Waals surface area contributed by atoms with Crippen LogP contribution < -0.4 is 10.6 Å². The number of carbonyl (C=O) groups excluding carboxylic acids is 2. The van der Waals surface area contributed by atoms with Crippen molar-refractivity contribution < 1.29 is 9.59 Å². The lowest BCUT2D eigenvalue weighted by atomic mass is 9.54. The summed E-state index contributed by atoms with van der Waals surface area (Å²) in [6.45, 7) is 1.94. The van der Waals surface area contributed by atoms with E-state index in [0.29, 0.717) is 16.1 Å². The molecule has 2 fully saturated rings. The molecule has 0 bridgehead atoms. The van der Waals surface area contributed by atoms with Crippen LogP contribution in [0.25, 0.3) is 0 Å². The van der Waals surface area contributed by atoms with Gasteiger partial charge in [0.1, 0.15) is 5.69 Å². The van der Waals surface area contributed by atoms with E-state index in [1.165, 1.54) is 19.3 Å². The zero-order chi connectivity index (χ0) is 19.9. The van der Waals surface area contributed by atoms with Gasteiger partial charge >= 0.3 is 0 Å². The Balaban J connectivity index is 1.58. The monoisotopic (exact) mass is 400 g/mol. The van der Waals surface area contributed by atoms with Crippen LogP contribution in [0.5, 0.6) is 0 Å². The lowest BCUT2D eigenvalue weighted by Crippen LogP contribution is -2.53. The van der Waals surface area contributed by atoms with E-state index in [9.17, 15) is 9.59 Å². The Bertz CT molecular complexity index is 911. The van der Waals surface area contributed by atoms with Crippen LogP contribution >= 0.6 is 11.6 Å². The first-order valence-electron chi connectivity index (χ1n) is 9.79. The molecule has 0 aliphatic heterocycles. The second-order valence-electron chi connectivity index (χ2n) is 8.10. The van der Waals surface area contributed by atoms with E-state index in [4.69, 9.17) is 11.6 Å². The van der Waals surface area contributed by atoms with Crippen LogP contribution in [0.3, 0.4) is 0 Å². The van der Waals surface area contributed by atoms with Crippen LogP contribution in [0.2, 0.25) is 5.02 Å². The molecule has 2 aliphatic carbocycles. The molecule has 1 spiro atoms. The van der Waals surface area contributed by atoms with Gasteiger partial charge in [-0.3, -0.25) is 14.3 Å². The highest BCUT2D eigenvalue weighted by molar-refractivity contribution is 6.30. The first-order valence-corrected chi connectivity index (χ1v) is 10.2. The lowest BCUT2D eigenvalue weighted by Gasteiger charge is -2.54. The Morgan fingerprint density at radius 3 is 2.61 bits per heavy atom. The van der Waals surface area contributed by atoms with Crippen molar-refractivity contribution in [3.63, 3.8) is 0 Å². The zero-order valence-electron chi connectivity index (χ0n) is 16.2. The fourth-order valence-electron chi connectivity index (χ4n) is 4.44. The minimum atomic E-state index is -0.317. The molecule has 6 nitrogen and oxygen atoms in total. The van der Waals surface area contributed by atoms with Crippen LogP contribution in [-0.4, -0.2) is 34.7 Å². The first kappa shape index (κ1) is 19.0. The maximum Gasteiger partial charge on any atom is 0.271 e. The molecule has 2 aliphatic rings. The van der Waals surface area contributed by atoms with Crippen LogP contribution in [0.15, 0.2) is 30.3 Å². The summed E-state index contributed by atoms with van der Waals surface area (Å²) in [6.07, 6.45) is 5.98. The number of nitrogens with one attached hydrogen (secondary N) is 2. The van der Waals surface area contributed by atoms with Crippen LogP contribution in [0, 0.1) is 5.41 Å². The number of hydrogen-bond acceptors (Lipinski definition) is 3. The number of amides is 2. The molecule has 1 aromatic heterocycles. The van der Waals surface area contributed by atoms with Crippen molar-refractivity contribution in [1.82, 2.24) is 20.4 Å². The molecule has 0 radical (unpaired) electrons. The Kier molecular flexibility index (Phi) is 4.91. The predicted molar refractivity (Wildman–Crippen MR) is 108 cm³/mol. The largest absolute Gasteiger partial charge is 0.354 e. The number of benzene rings is 1. The van der Waals surface area contributed by atoms with E-state index in [0.717, 1.165) is 18.4 Å². The average Bonchev–Trinajstić information content (AvgIpc) is 3.06. The minimum absolute atomic E-state index is 0.185. The van der Waals surface area contributed by atoms with Crippen molar-refractivity contribution in [2.45, 2.75) is 51.1 Å². The molecule has 4 rings (SSSR count). The van der Waals surface area contributed by atoms with E-state index in [-0.39, 0.29) is 29.6 Å². The molecular weight excluding hydrogens is 376 g/mol. The molecule has 2 amide bonds. The molecule has 2 N–H and O–H groups in total. The third kappa shape index (κ3) is 3.41. The third-order valence-electron chi connectivity index (χ3n) is 6.23. The SMILES string of the molecule is CNC(=O)c1cc(C(=O)NC2CC3(CCC3)C2)n(C(C)c2cccc(Cl)c2)n1. The highest BCUT2D eigenvalue weighted by Gasteiger charge is 2.48. The number of carbonyl (C=O) groups is 2. The van der Waals surface area contributed by atoms with Gasteiger partial charge in [-0.2, -0.15) is 5.10 Å². The average molecular weight is 401 g/mol. The Morgan fingerprint density at radius 2 is 2.00 bits per heavy atom. The molecule has 2 saturated carbocycles. The summed E-state index contributed by atoms with van der Waals surface area (Å²) >= 11 is 6.12. The van der Waals surface area contributed by atoms with Crippen molar-refractivity contribution in [3.05, 3.63) is 52.3 Å². The summed E-state index contributed by atoms with van der Waals surface area (Å²) in [4.78, 5) is 25.1. The quantitative estimate of drug-likeness (QED) is 0.805. The van der Waals surface area contributed by atoms with Gasteiger partial charge in [0.25, 0.3) is 11.8 Å². The highest BCUT2D eigenvalue weighted by atomic mass is 35.5. The summed E-state index contributed by atoms with van der Waals surface area (Å²) in [6, 6.07) is 8.99. The summed E-state index contributed by atoms with van der Waals surface area (Å²) < 4.78 is 1.61. The number of halogens is 1. The summed E-state index contributed by atoms with van der Waals surface area (Å²) in [5.74, 6) is -0.501. The second kappa shape index (κ2) is 7.24. The topological polar surface area (TPSA) is 76.0 Å². The Hall–Kier alpha value is -2.34. The van der Waals surface area contributed by atoms with Gasteiger partial charge in [-0.25, -0.2) is 0 Å². The van der Waals surface area contributed by atoms with Crippen LogP contribution in [-0.2, 0) is 0 Å². The van der Waals surface area contributed by atoms with Crippen molar-refractivity contribution in [1.29, 1.82) is 0 Å². The summed E-state index contributed by atoms with van der Waals surface area (Å²) in [5, 5.41) is 10.7. The molecule has 1 unspecified atom stereocenters. The number of aromatic nitrogens is 2. The molecule has 28 heavy (non-hydrogen) atoms. The molecule has 0 saturated heterocycles. The zero-order valence-corrected chi connectivity index (χ0v) is 16.9. The van der Waals surface area contributed by atoms with Gasteiger partial charge in [-0.15, -0.1) is 0 Å². The lowest BCUT2D eigenvalue weighted by molar-refractivity contribution is -0.000790. The standard InChI is InChI=1S/C21H25ClN4O2/c1-13(14-5-3-6-15(22)9-14)26-18(10-17(25-26)19(27)23-2)20(28)24-16-11-21(12-16)7-4-8-21/h3,5-6,9-10,13,16H,4,7-8,11-12H2,1-2H3,(H,23,27)(H,24,28). The van der Waals surface area contributed by atoms with E-state index < -0.39 is 0 Å². The van der Waals surface area contributed by atoms with Gasteiger partial charge in [0.15, 0.2) is 5.69 Å². The van der Waals surface area contributed by atoms with Crippen molar-refractivity contribution in [3.8, 4) is 0 Å². The molecule has 7 heteroatoms. The highest BCUT2D eigenvalue weighted by Crippen LogP contribution is 2.55. The van der Waals surface area contributed by atoms with E-state index >= 15 is 0 Å². The molecular formula is C21H25ClN4O2. The second-order valence-corrected chi connectivity index (χ2v) is 8.54. The van der Waals surface area contributed by atoms with Gasteiger partial charge in [0.05, 0.1) is 6.04 Å². The Labute approximate surface area is 169 Å². The van der Waals surface area contributed by atoms with Crippen molar-refractivity contribution >= 4 is 23.4 Å². The Morgan fingerprint density at radius 1 is 1.25 bits per heavy atom. The third-order valence-corrected chi connectivity index (χ3v) is 6.47. The maximum atomic E-state index is 13.0. The van der Waals surface area contributed by atoms with Gasteiger partial charge in [0, 0.05) is 24.2 Å². The molecule has 2 aromatic rings. The molecule has 1 aromatic carbocycles. The van der Waals surface area contributed by atoms with Gasteiger partial charge in [-0.05, 0) is 55.7 Å². The fraction of sp³-hybridized carbons (Fsp3) is 0.476.